The first-order valence-corrected chi connectivity index (χ1v) is 10.9. The molecule has 1 N–H and O–H groups in total. The third-order valence-corrected chi connectivity index (χ3v) is 7.06. The molecule has 8 heteroatoms. The van der Waals surface area contributed by atoms with Gasteiger partial charge < -0.3 is 10.2 Å². The Bertz CT molecular complexity index is 1020. The zero-order valence-electron chi connectivity index (χ0n) is 16.8. The van der Waals surface area contributed by atoms with Crippen molar-refractivity contribution in [1.29, 1.82) is 0 Å². The van der Waals surface area contributed by atoms with Gasteiger partial charge in [0, 0.05) is 43.0 Å². The maximum atomic E-state index is 12.6. The number of benzene rings is 2. The molecule has 3 rings (SSSR count). The van der Waals surface area contributed by atoms with Crippen LogP contribution >= 0.6 is 0 Å². The first kappa shape index (κ1) is 21.0. The first-order chi connectivity index (χ1) is 13.7. The number of amides is 2. The van der Waals surface area contributed by atoms with Gasteiger partial charge in [0.1, 0.15) is 0 Å². The largest absolute Gasteiger partial charge is 0.322 e. The lowest BCUT2D eigenvalue weighted by atomic mass is 10.1. The van der Waals surface area contributed by atoms with Gasteiger partial charge in [-0.2, -0.15) is 4.31 Å². The second kappa shape index (κ2) is 8.34. The van der Waals surface area contributed by atoms with E-state index in [1.165, 1.54) is 23.5 Å². The highest BCUT2D eigenvalue weighted by atomic mass is 32.2. The minimum absolute atomic E-state index is 0.0609. The fourth-order valence-corrected chi connectivity index (χ4v) is 4.46. The van der Waals surface area contributed by atoms with Crippen LogP contribution in [0.5, 0.6) is 0 Å². The van der Waals surface area contributed by atoms with Crippen molar-refractivity contribution in [2.75, 3.05) is 23.8 Å². The zero-order chi connectivity index (χ0) is 21.2. The second-order valence-corrected chi connectivity index (χ2v) is 9.29. The van der Waals surface area contributed by atoms with E-state index in [0.29, 0.717) is 29.9 Å². The van der Waals surface area contributed by atoms with Gasteiger partial charge in [-0.25, -0.2) is 8.42 Å². The minimum atomic E-state index is -3.57. The standard InChI is InChI=1S/C21H25N3O4S/c1-15(2)23(3)29(27,28)19-11-9-17(10-12-19)22-21(26)16-6-4-7-18(14-16)24-13-5-8-20(24)25/h4,6-7,9-12,14-15H,5,8,13H2,1-3H3,(H,22,26). The average Bonchev–Trinajstić information content (AvgIpc) is 3.13. The molecule has 1 saturated heterocycles. The monoisotopic (exact) mass is 415 g/mol. The quantitative estimate of drug-likeness (QED) is 0.785. The molecule has 0 aliphatic carbocycles. The van der Waals surface area contributed by atoms with Gasteiger partial charge in [-0.3, -0.25) is 9.59 Å². The molecule has 2 aromatic rings. The molecule has 0 unspecified atom stereocenters. The molecule has 0 bridgehead atoms. The molecule has 2 aromatic carbocycles. The first-order valence-electron chi connectivity index (χ1n) is 9.50. The molecule has 154 valence electrons. The second-order valence-electron chi connectivity index (χ2n) is 7.29. The van der Waals surface area contributed by atoms with E-state index < -0.39 is 10.0 Å². The zero-order valence-corrected chi connectivity index (χ0v) is 17.6. The van der Waals surface area contributed by atoms with Crippen molar-refractivity contribution < 1.29 is 18.0 Å². The van der Waals surface area contributed by atoms with E-state index in [1.807, 2.05) is 6.07 Å². The van der Waals surface area contributed by atoms with Crippen LogP contribution in [0.2, 0.25) is 0 Å². The van der Waals surface area contributed by atoms with Gasteiger partial charge in [0.25, 0.3) is 5.91 Å². The molecule has 7 nitrogen and oxygen atoms in total. The normalized spacial score (nSPS) is 14.7. The average molecular weight is 416 g/mol. The highest BCUT2D eigenvalue weighted by molar-refractivity contribution is 7.89. The number of hydrogen-bond acceptors (Lipinski definition) is 4. The maximum Gasteiger partial charge on any atom is 0.255 e. The summed E-state index contributed by atoms with van der Waals surface area (Å²) in [5, 5.41) is 2.77. The fraction of sp³-hybridized carbons (Fsp3) is 0.333. The summed E-state index contributed by atoms with van der Waals surface area (Å²) in [6.07, 6.45) is 1.34. The van der Waals surface area contributed by atoms with Crippen molar-refractivity contribution in [2.24, 2.45) is 0 Å². The highest BCUT2D eigenvalue weighted by Crippen LogP contribution is 2.23. The van der Waals surface area contributed by atoms with Crippen molar-refractivity contribution in [3.63, 3.8) is 0 Å². The predicted octanol–water partition coefficient (Wildman–Crippen LogP) is 3.09. The van der Waals surface area contributed by atoms with Gasteiger partial charge in [0.15, 0.2) is 0 Å². The van der Waals surface area contributed by atoms with Crippen molar-refractivity contribution in [1.82, 2.24) is 4.31 Å². The fourth-order valence-electron chi connectivity index (χ4n) is 3.09. The topological polar surface area (TPSA) is 86.8 Å². The number of nitrogens with zero attached hydrogens (tertiary/aromatic N) is 2. The van der Waals surface area contributed by atoms with Crippen LogP contribution in [-0.4, -0.2) is 44.2 Å². The van der Waals surface area contributed by atoms with E-state index in [1.54, 1.807) is 49.1 Å². The summed E-state index contributed by atoms with van der Waals surface area (Å²) in [5.74, 6) is -0.265. The molecule has 1 heterocycles. The SMILES string of the molecule is CC(C)N(C)S(=O)(=O)c1ccc(NC(=O)c2cccc(N3CCCC3=O)c2)cc1. The van der Waals surface area contributed by atoms with E-state index in [0.717, 1.165) is 6.42 Å². The van der Waals surface area contributed by atoms with Gasteiger partial charge in [-0.1, -0.05) is 6.07 Å². The molecule has 0 atom stereocenters. The summed E-state index contributed by atoms with van der Waals surface area (Å²) in [6.45, 7) is 4.26. The smallest absolute Gasteiger partial charge is 0.255 e. The van der Waals surface area contributed by atoms with E-state index in [9.17, 15) is 18.0 Å². The Labute approximate surface area is 171 Å². The van der Waals surface area contributed by atoms with Crippen LogP contribution in [0.15, 0.2) is 53.4 Å². The molecule has 2 amide bonds. The summed E-state index contributed by atoms with van der Waals surface area (Å²) in [7, 11) is -2.04. The van der Waals surface area contributed by atoms with Crippen LogP contribution in [-0.2, 0) is 14.8 Å². The molecule has 1 aliphatic heterocycles. The minimum Gasteiger partial charge on any atom is -0.322 e. The van der Waals surface area contributed by atoms with Crippen LogP contribution in [0.4, 0.5) is 11.4 Å². The molecule has 0 spiro atoms. The van der Waals surface area contributed by atoms with Crippen LogP contribution < -0.4 is 10.2 Å². The van der Waals surface area contributed by atoms with Gasteiger partial charge in [-0.05, 0) is 62.7 Å². The number of sulfonamides is 1. The summed E-state index contributed by atoms with van der Waals surface area (Å²) in [4.78, 5) is 26.4. The molecule has 29 heavy (non-hydrogen) atoms. The lowest BCUT2D eigenvalue weighted by Crippen LogP contribution is -2.33. The molecule has 1 aliphatic rings. The van der Waals surface area contributed by atoms with Crippen molar-refractivity contribution in [2.45, 2.75) is 37.6 Å². The highest BCUT2D eigenvalue weighted by Gasteiger charge is 2.24. The molecule has 0 aromatic heterocycles. The van der Waals surface area contributed by atoms with Crippen molar-refractivity contribution in [3.05, 3.63) is 54.1 Å². The Balaban J connectivity index is 1.74. The Morgan fingerprint density at radius 2 is 1.83 bits per heavy atom. The Morgan fingerprint density at radius 1 is 1.14 bits per heavy atom. The molecule has 1 fully saturated rings. The van der Waals surface area contributed by atoms with Gasteiger partial charge >= 0.3 is 0 Å². The summed E-state index contributed by atoms with van der Waals surface area (Å²) in [5.41, 5.74) is 1.63. The van der Waals surface area contributed by atoms with Crippen molar-refractivity contribution >= 4 is 33.2 Å². The maximum absolute atomic E-state index is 12.6. The van der Waals surface area contributed by atoms with Gasteiger partial charge in [0.2, 0.25) is 15.9 Å². The van der Waals surface area contributed by atoms with Gasteiger partial charge in [0.05, 0.1) is 4.90 Å². The van der Waals surface area contributed by atoms with E-state index in [4.69, 9.17) is 0 Å². The Kier molecular flexibility index (Phi) is 6.04. The summed E-state index contributed by atoms with van der Waals surface area (Å²) in [6, 6.07) is 12.8. The lowest BCUT2D eigenvalue weighted by molar-refractivity contribution is -0.117. The summed E-state index contributed by atoms with van der Waals surface area (Å²) >= 11 is 0. The number of nitrogens with one attached hydrogen (secondary N) is 1. The van der Waals surface area contributed by atoms with Crippen LogP contribution in [0.25, 0.3) is 0 Å². The summed E-state index contributed by atoms with van der Waals surface area (Å²) < 4.78 is 26.3. The van der Waals surface area contributed by atoms with Crippen LogP contribution in [0.3, 0.4) is 0 Å². The third-order valence-electron chi connectivity index (χ3n) is 5.01. The lowest BCUT2D eigenvalue weighted by Gasteiger charge is -2.21. The third kappa shape index (κ3) is 4.49. The Morgan fingerprint density at radius 3 is 2.41 bits per heavy atom. The molecule has 0 saturated carbocycles. The van der Waals surface area contributed by atoms with Crippen LogP contribution in [0, 0.1) is 0 Å². The number of carbonyl (C=O) groups excluding carboxylic acids is 2. The van der Waals surface area contributed by atoms with E-state index >= 15 is 0 Å². The molecular formula is C21H25N3O4S. The predicted molar refractivity (Wildman–Crippen MR) is 113 cm³/mol. The van der Waals surface area contributed by atoms with Crippen molar-refractivity contribution in [3.8, 4) is 0 Å². The van der Waals surface area contributed by atoms with Crippen LogP contribution in [0.1, 0.15) is 37.0 Å². The number of anilines is 2. The van der Waals surface area contributed by atoms with E-state index in [-0.39, 0.29) is 22.8 Å². The molecule has 0 radical (unpaired) electrons. The molecular weight excluding hydrogens is 390 g/mol. The van der Waals surface area contributed by atoms with E-state index in [2.05, 4.69) is 5.32 Å². The number of carbonyl (C=O) groups is 2. The Hall–Kier alpha value is -2.71. The number of rotatable bonds is 6. The number of hydrogen-bond donors (Lipinski definition) is 1. The van der Waals surface area contributed by atoms with Gasteiger partial charge in [-0.15, -0.1) is 0 Å².